The third kappa shape index (κ3) is 12.5. The summed E-state index contributed by atoms with van der Waals surface area (Å²) in [4.78, 5) is 48.7. The number of carbonyl (C=O) groups excluding carboxylic acids is 2. The standard InChI is InChI=1S/C25H36N2O10S2/c1-5-17(3)20(25(33)26-18(14-24(31)32)12-13-38(4,34)35)15-22(28)21(10-11-23(29)30)27-39(36,37)19-8-6-16(2)7-9-19/h6-9,12-13,17-18,20-21,27H,5,10-11,14-15H2,1-4H3,(H,26,33)(H,29,30)(H,31,32)/b13-12+/t17?,18-,20-,21+/m1/s1. The molecule has 1 unspecified atom stereocenters. The van der Waals surface area contributed by atoms with E-state index in [9.17, 15) is 36.0 Å². The fourth-order valence-corrected chi connectivity index (χ4v) is 5.33. The van der Waals surface area contributed by atoms with Crippen LogP contribution in [0.4, 0.5) is 0 Å². The number of nitrogens with one attached hydrogen (secondary N) is 2. The van der Waals surface area contributed by atoms with E-state index in [4.69, 9.17) is 10.2 Å². The zero-order valence-electron chi connectivity index (χ0n) is 22.3. The lowest BCUT2D eigenvalue weighted by molar-refractivity contribution is -0.139. The highest BCUT2D eigenvalue weighted by Gasteiger charge is 2.33. The summed E-state index contributed by atoms with van der Waals surface area (Å²) in [5.41, 5.74) is 0.808. The van der Waals surface area contributed by atoms with Crippen LogP contribution in [0.2, 0.25) is 0 Å². The Kier molecular flexibility index (Phi) is 13.0. The molecule has 0 spiro atoms. The molecule has 0 radical (unpaired) electrons. The van der Waals surface area contributed by atoms with Gasteiger partial charge < -0.3 is 15.5 Å². The lowest BCUT2D eigenvalue weighted by Gasteiger charge is -2.26. The number of aryl methyl sites for hydroxylation is 1. The van der Waals surface area contributed by atoms with Crippen LogP contribution in [-0.4, -0.2) is 69.0 Å². The van der Waals surface area contributed by atoms with E-state index >= 15 is 0 Å². The van der Waals surface area contributed by atoms with Crippen molar-refractivity contribution >= 4 is 43.5 Å². The van der Waals surface area contributed by atoms with Crippen LogP contribution in [0.25, 0.3) is 0 Å². The molecule has 0 saturated carbocycles. The fraction of sp³-hybridized carbons (Fsp3) is 0.520. The van der Waals surface area contributed by atoms with Crippen LogP contribution in [0.3, 0.4) is 0 Å². The molecule has 0 fully saturated rings. The first kappa shape index (κ1) is 33.9. The molecule has 0 aromatic heterocycles. The number of aliphatic carboxylic acids is 2. The Morgan fingerprint density at radius 3 is 2.05 bits per heavy atom. The quantitative estimate of drug-likeness (QED) is 0.207. The molecule has 0 aliphatic rings. The van der Waals surface area contributed by atoms with Crippen LogP contribution < -0.4 is 10.0 Å². The summed E-state index contributed by atoms with van der Waals surface area (Å²) < 4.78 is 51.0. The average molecular weight is 589 g/mol. The van der Waals surface area contributed by atoms with Gasteiger partial charge in [-0.05, 0) is 31.4 Å². The minimum Gasteiger partial charge on any atom is -0.481 e. The predicted octanol–water partition coefficient (Wildman–Crippen LogP) is 1.65. The van der Waals surface area contributed by atoms with E-state index in [1.807, 2.05) is 0 Å². The normalized spacial score (nSPS) is 15.3. The van der Waals surface area contributed by atoms with Crippen LogP contribution in [0.15, 0.2) is 40.6 Å². The Bertz CT molecular complexity index is 1270. The van der Waals surface area contributed by atoms with Gasteiger partial charge in [-0.15, -0.1) is 0 Å². The Labute approximate surface area is 228 Å². The molecule has 4 N–H and O–H groups in total. The number of hydrogen-bond donors (Lipinski definition) is 4. The lowest BCUT2D eigenvalue weighted by atomic mass is 9.84. The summed E-state index contributed by atoms with van der Waals surface area (Å²) in [6, 6.07) is 3.20. The molecule has 0 aliphatic heterocycles. The highest BCUT2D eigenvalue weighted by Crippen LogP contribution is 2.23. The van der Waals surface area contributed by atoms with Gasteiger partial charge in [0.1, 0.15) is 0 Å². The first-order chi connectivity index (χ1) is 17.9. The van der Waals surface area contributed by atoms with Gasteiger partial charge >= 0.3 is 11.9 Å². The molecular formula is C25H36N2O10S2. The van der Waals surface area contributed by atoms with Crippen molar-refractivity contribution in [3.05, 3.63) is 41.3 Å². The number of benzene rings is 1. The number of amides is 1. The molecule has 0 saturated heterocycles. The number of carboxylic acid groups (broad SMARTS) is 2. The first-order valence-corrected chi connectivity index (χ1v) is 15.6. The van der Waals surface area contributed by atoms with Crippen LogP contribution >= 0.6 is 0 Å². The third-order valence-corrected chi connectivity index (χ3v) is 8.17. The molecule has 39 heavy (non-hydrogen) atoms. The molecule has 1 amide bonds. The van der Waals surface area contributed by atoms with Crippen molar-refractivity contribution < 1.29 is 46.2 Å². The van der Waals surface area contributed by atoms with Gasteiger partial charge in [-0.1, -0.05) is 44.0 Å². The SMILES string of the molecule is CCC(C)[C@@H](CC(=O)[C@H](CCC(=O)O)NS(=O)(=O)c1ccc(C)cc1)C(=O)N[C@H](/C=C/S(C)(=O)=O)CC(=O)O. The van der Waals surface area contributed by atoms with Gasteiger partial charge in [-0.3, -0.25) is 19.2 Å². The molecule has 12 nitrogen and oxygen atoms in total. The van der Waals surface area contributed by atoms with E-state index in [-0.39, 0.29) is 11.3 Å². The minimum absolute atomic E-state index is 0.119. The maximum Gasteiger partial charge on any atom is 0.305 e. The molecule has 0 aliphatic carbocycles. The van der Waals surface area contributed by atoms with Gasteiger partial charge in [0, 0.05) is 30.4 Å². The van der Waals surface area contributed by atoms with Gasteiger partial charge in [0.2, 0.25) is 15.9 Å². The lowest BCUT2D eigenvalue weighted by Crippen LogP contribution is -2.45. The molecule has 1 rings (SSSR count). The smallest absolute Gasteiger partial charge is 0.305 e. The molecule has 1 aromatic rings. The largest absolute Gasteiger partial charge is 0.481 e. The Morgan fingerprint density at radius 1 is 0.974 bits per heavy atom. The van der Waals surface area contributed by atoms with Crippen LogP contribution in [0.1, 0.15) is 51.5 Å². The Balaban J connectivity index is 3.24. The number of carboxylic acids is 2. The van der Waals surface area contributed by atoms with Crippen LogP contribution in [0, 0.1) is 18.8 Å². The molecular weight excluding hydrogens is 552 g/mol. The second kappa shape index (κ2) is 14.9. The van der Waals surface area contributed by atoms with Gasteiger partial charge in [-0.2, -0.15) is 0 Å². The second-order valence-corrected chi connectivity index (χ2v) is 13.1. The summed E-state index contributed by atoms with van der Waals surface area (Å²) in [6.45, 7) is 5.20. The van der Waals surface area contributed by atoms with Crippen molar-refractivity contribution in [1.29, 1.82) is 0 Å². The first-order valence-electron chi connectivity index (χ1n) is 12.2. The van der Waals surface area contributed by atoms with E-state index in [1.54, 1.807) is 32.9 Å². The van der Waals surface area contributed by atoms with E-state index in [2.05, 4.69) is 10.0 Å². The van der Waals surface area contributed by atoms with Gasteiger partial charge in [0.15, 0.2) is 15.6 Å². The number of rotatable bonds is 17. The summed E-state index contributed by atoms with van der Waals surface area (Å²) >= 11 is 0. The molecule has 1 aromatic carbocycles. The van der Waals surface area contributed by atoms with Crippen molar-refractivity contribution in [2.45, 2.75) is 69.9 Å². The molecule has 218 valence electrons. The van der Waals surface area contributed by atoms with Gasteiger partial charge in [0.25, 0.3) is 0 Å². The number of Topliss-reactive ketones (excluding diaryl/α,β-unsaturated/α-hetero) is 1. The maximum absolute atomic E-state index is 13.3. The molecule has 4 atom stereocenters. The highest BCUT2D eigenvalue weighted by atomic mass is 32.2. The van der Waals surface area contributed by atoms with Crippen molar-refractivity contribution in [1.82, 2.24) is 10.0 Å². The topological polar surface area (TPSA) is 201 Å². The Hall–Kier alpha value is -3.10. The zero-order chi connectivity index (χ0) is 30.0. The summed E-state index contributed by atoms with van der Waals surface area (Å²) in [6.07, 6.45) is 0.425. The molecule has 0 bridgehead atoms. The van der Waals surface area contributed by atoms with Crippen molar-refractivity contribution in [2.24, 2.45) is 11.8 Å². The zero-order valence-corrected chi connectivity index (χ0v) is 23.9. The molecule has 14 heteroatoms. The van der Waals surface area contributed by atoms with Crippen LogP contribution in [0.5, 0.6) is 0 Å². The second-order valence-electron chi connectivity index (χ2n) is 9.45. The van der Waals surface area contributed by atoms with Crippen molar-refractivity contribution in [3.63, 3.8) is 0 Å². The van der Waals surface area contributed by atoms with E-state index < -0.39 is 86.7 Å². The average Bonchev–Trinajstić information content (AvgIpc) is 2.82. The van der Waals surface area contributed by atoms with Crippen molar-refractivity contribution in [2.75, 3.05) is 6.26 Å². The summed E-state index contributed by atoms with van der Waals surface area (Å²) in [5.74, 6) is -5.41. The monoisotopic (exact) mass is 588 g/mol. The van der Waals surface area contributed by atoms with Crippen LogP contribution in [-0.2, 0) is 39.0 Å². The minimum atomic E-state index is -4.20. The van der Waals surface area contributed by atoms with Gasteiger partial charge in [-0.25, -0.2) is 21.6 Å². The molecule has 0 heterocycles. The van der Waals surface area contributed by atoms with Gasteiger partial charge in [0.05, 0.1) is 23.4 Å². The number of ketones is 1. The van der Waals surface area contributed by atoms with E-state index in [1.165, 1.54) is 12.1 Å². The number of sulfonamides is 1. The highest BCUT2D eigenvalue weighted by molar-refractivity contribution is 7.93. The fourth-order valence-electron chi connectivity index (χ4n) is 3.60. The number of sulfone groups is 1. The summed E-state index contributed by atoms with van der Waals surface area (Å²) in [5, 5.41) is 21.5. The predicted molar refractivity (Wildman–Crippen MR) is 143 cm³/mol. The third-order valence-electron chi connectivity index (χ3n) is 6.03. The maximum atomic E-state index is 13.3. The summed E-state index contributed by atoms with van der Waals surface area (Å²) in [7, 11) is -7.81. The van der Waals surface area contributed by atoms with E-state index in [0.717, 1.165) is 23.3 Å². The Morgan fingerprint density at radius 2 is 1.56 bits per heavy atom. The number of carbonyl (C=O) groups is 4. The van der Waals surface area contributed by atoms with E-state index in [0.29, 0.717) is 6.42 Å². The number of hydrogen-bond acceptors (Lipinski definition) is 8. The van der Waals surface area contributed by atoms with Crippen molar-refractivity contribution in [3.8, 4) is 0 Å².